The lowest BCUT2D eigenvalue weighted by molar-refractivity contribution is -0.120. The van der Waals surface area contributed by atoms with E-state index in [0.29, 0.717) is 18.3 Å². The molecule has 0 radical (unpaired) electrons. The first-order valence-electron chi connectivity index (χ1n) is 5.13. The highest BCUT2D eigenvalue weighted by molar-refractivity contribution is 7.15. The smallest absolute Gasteiger partial charge is 0.245 e. The number of carbonyl (C=O) groups excluding carboxylic acids is 1. The van der Waals surface area contributed by atoms with Crippen molar-refractivity contribution in [2.24, 2.45) is 5.73 Å². The van der Waals surface area contributed by atoms with Crippen molar-refractivity contribution in [3.63, 3.8) is 0 Å². The molecule has 1 amide bonds. The normalized spacial score (nSPS) is 14.8. The number of hydrogen-bond donors (Lipinski definition) is 2. The molecule has 0 saturated heterocycles. The first-order valence-corrected chi connectivity index (χ1v) is 5.95. The highest BCUT2D eigenvalue weighted by atomic mass is 35.5. The van der Waals surface area contributed by atoms with Crippen LogP contribution in [0.15, 0.2) is 0 Å². The van der Waals surface area contributed by atoms with Crippen molar-refractivity contribution in [1.29, 1.82) is 0 Å². The van der Waals surface area contributed by atoms with Crippen LogP contribution in [-0.2, 0) is 22.6 Å². The van der Waals surface area contributed by atoms with Crippen molar-refractivity contribution < 1.29 is 9.53 Å². The van der Waals surface area contributed by atoms with Gasteiger partial charge in [0.05, 0.1) is 29.3 Å². The van der Waals surface area contributed by atoms with Gasteiger partial charge < -0.3 is 15.8 Å². The number of nitrogens with one attached hydrogen (secondary N) is 1. The summed E-state index contributed by atoms with van der Waals surface area (Å²) in [6.45, 7) is 4.62. The molecule has 1 aromatic rings. The van der Waals surface area contributed by atoms with Gasteiger partial charge >= 0.3 is 0 Å². The topological polar surface area (TPSA) is 77.2 Å². The molecule has 7 heteroatoms. The lowest BCUT2D eigenvalue weighted by Crippen LogP contribution is -2.45. The zero-order valence-electron chi connectivity index (χ0n) is 9.78. The van der Waals surface area contributed by atoms with E-state index in [2.05, 4.69) is 10.3 Å². The summed E-state index contributed by atoms with van der Waals surface area (Å²) in [7, 11) is 0. The van der Waals surface area contributed by atoms with Crippen LogP contribution in [0.2, 0.25) is 0 Å². The van der Waals surface area contributed by atoms with Crippen LogP contribution in [-0.4, -0.2) is 23.0 Å². The number of ether oxygens (including phenoxy) is 1. The molecule has 0 bridgehead atoms. The minimum Gasteiger partial charge on any atom is -0.375 e. The summed E-state index contributed by atoms with van der Waals surface area (Å²) in [6, 6.07) is 0. The Morgan fingerprint density at radius 3 is 2.88 bits per heavy atom. The SMILES string of the molecule is CC(C)(N)C(=O)Nc1nc2c(s1)COCC2.Cl. The van der Waals surface area contributed by atoms with Crippen molar-refractivity contribution in [3.05, 3.63) is 10.6 Å². The summed E-state index contributed by atoms with van der Waals surface area (Å²) in [5.41, 5.74) is 5.83. The lowest BCUT2D eigenvalue weighted by Gasteiger charge is -2.16. The third kappa shape index (κ3) is 3.38. The quantitative estimate of drug-likeness (QED) is 0.855. The third-order valence-corrected chi connectivity index (χ3v) is 3.29. The van der Waals surface area contributed by atoms with Gasteiger partial charge in [-0.15, -0.1) is 12.4 Å². The molecular formula is C10H16ClN3O2S. The van der Waals surface area contributed by atoms with E-state index >= 15 is 0 Å². The molecule has 0 unspecified atom stereocenters. The van der Waals surface area contributed by atoms with Gasteiger partial charge in [0.1, 0.15) is 0 Å². The van der Waals surface area contributed by atoms with Crippen LogP contribution >= 0.6 is 23.7 Å². The molecule has 0 fully saturated rings. The largest absolute Gasteiger partial charge is 0.375 e. The monoisotopic (exact) mass is 277 g/mol. The van der Waals surface area contributed by atoms with Crippen molar-refractivity contribution >= 4 is 34.8 Å². The number of rotatable bonds is 2. The number of thiazole rings is 1. The number of hydrogen-bond acceptors (Lipinski definition) is 5. The van der Waals surface area contributed by atoms with Gasteiger partial charge in [-0.3, -0.25) is 4.79 Å². The number of fused-ring (bicyclic) bond motifs is 1. The molecular weight excluding hydrogens is 262 g/mol. The average Bonchev–Trinajstić information content (AvgIpc) is 2.58. The molecule has 1 aromatic heterocycles. The average molecular weight is 278 g/mol. The highest BCUT2D eigenvalue weighted by Gasteiger charge is 2.24. The van der Waals surface area contributed by atoms with E-state index in [1.54, 1.807) is 13.8 Å². The Labute approximate surface area is 110 Å². The van der Waals surface area contributed by atoms with Crippen LogP contribution in [0.4, 0.5) is 5.13 Å². The molecule has 2 heterocycles. The van der Waals surface area contributed by atoms with E-state index in [4.69, 9.17) is 10.5 Å². The molecule has 5 nitrogen and oxygen atoms in total. The van der Waals surface area contributed by atoms with Gasteiger partial charge in [-0.2, -0.15) is 0 Å². The van der Waals surface area contributed by atoms with Crippen LogP contribution in [0.3, 0.4) is 0 Å². The summed E-state index contributed by atoms with van der Waals surface area (Å²) in [5.74, 6) is -0.223. The third-order valence-electron chi connectivity index (χ3n) is 2.30. The fraction of sp³-hybridized carbons (Fsp3) is 0.600. The fourth-order valence-corrected chi connectivity index (χ4v) is 2.28. The minimum atomic E-state index is -0.886. The van der Waals surface area contributed by atoms with Crippen LogP contribution in [0.1, 0.15) is 24.4 Å². The van der Waals surface area contributed by atoms with Gasteiger partial charge in [0.15, 0.2) is 5.13 Å². The molecule has 3 N–H and O–H groups in total. The predicted octanol–water partition coefficient (Wildman–Crippen LogP) is 1.31. The van der Waals surface area contributed by atoms with Gasteiger partial charge in [0, 0.05) is 6.42 Å². The molecule has 0 spiro atoms. The Morgan fingerprint density at radius 2 is 2.29 bits per heavy atom. The van der Waals surface area contributed by atoms with Crippen molar-refractivity contribution in [2.45, 2.75) is 32.4 Å². The van der Waals surface area contributed by atoms with Crippen LogP contribution in [0.25, 0.3) is 0 Å². The van der Waals surface area contributed by atoms with Gasteiger partial charge in [0.2, 0.25) is 5.91 Å². The summed E-state index contributed by atoms with van der Waals surface area (Å²) < 4.78 is 5.31. The van der Waals surface area contributed by atoms with E-state index in [0.717, 1.165) is 17.0 Å². The maximum Gasteiger partial charge on any atom is 0.245 e. The highest BCUT2D eigenvalue weighted by Crippen LogP contribution is 2.27. The zero-order valence-corrected chi connectivity index (χ0v) is 11.4. The Hall–Kier alpha value is -0.690. The molecule has 2 rings (SSSR count). The Balaban J connectivity index is 0.00000144. The number of amides is 1. The van der Waals surface area contributed by atoms with Gasteiger partial charge in [-0.05, 0) is 13.8 Å². The van der Waals surface area contributed by atoms with Crippen molar-refractivity contribution in [1.82, 2.24) is 4.98 Å². The van der Waals surface area contributed by atoms with Crippen LogP contribution in [0, 0.1) is 0 Å². The summed E-state index contributed by atoms with van der Waals surface area (Å²) in [5, 5.41) is 3.34. The van der Waals surface area contributed by atoms with E-state index in [1.165, 1.54) is 11.3 Å². The molecule has 17 heavy (non-hydrogen) atoms. The number of anilines is 1. The molecule has 1 aliphatic heterocycles. The number of carbonyl (C=O) groups is 1. The first kappa shape index (κ1) is 14.4. The summed E-state index contributed by atoms with van der Waals surface area (Å²) in [4.78, 5) is 17.1. The van der Waals surface area contributed by atoms with Crippen LogP contribution < -0.4 is 11.1 Å². The summed E-state index contributed by atoms with van der Waals surface area (Å²) in [6.07, 6.45) is 0.813. The van der Waals surface area contributed by atoms with E-state index < -0.39 is 5.54 Å². The van der Waals surface area contributed by atoms with Gasteiger partial charge in [0.25, 0.3) is 0 Å². The van der Waals surface area contributed by atoms with Crippen molar-refractivity contribution in [2.75, 3.05) is 11.9 Å². The minimum absolute atomic E-state index is 0. The number of halogens is 1. The Morgan fingerprint density at radius 1 is 1.59 bits per heavy atom. The molecule has 0 atom stereocenters. The molecule has 0 aromatic carbocycles. The zero-order chi connectivity index (χ0) is 11.8. The molecule has 0 aliphatic carbocycles. The fourth-order valence-electron chi connectivity index (χ4n) is 1.34. The van der Waals surface area contributed by atoms with Crippen LogP contribution in [0.5, 0.6) is 0 Å². The molecule has 1 aliphatic rings. The van der Waals surface area contributed by atoms with E-state index in [9.17, 15) is 4.79 Å². The second-order valence-electron chi connectivity index (χ2n) is 4.37. The maximum absolute atomic E-state index is 11.6. The van der Waals surface area contributed by atoms with Crippen molar-refractivity contribution in [3.8, 4) is 0 Å². The number of aromatic nitrogens is 1. The van der Waals surface area contributed by atoms with E-state index in [1.807, 2.05) is 0 Å². The lowest BCUT2D eigenvalue weighted by atomic mass is 10.1. The van der Waals surface area contributed by atoms with E-state index in [-0.39, 0.29) is 18.3 Å². The summed E-state index contributed by atoms with van der Waals surface area (Å²) >= 11 is 1.46. The standard InChI is InChI=1S/C10H15N3O2S.ClH/c1-10(2,11)8(14)13-9-12-6-3-4-15-5-7(6)16-9;/h3-5,11H2,1-2H3,(H,12,13,14);1H. The van der Waals surface area contributed by atoms with Gasteiger partial charge in [-0.25, -0.2) is 4.98 Å². The number of nitrogens with zero attached hydrogens (tertiary/aromatic N) is 1. The Kier molecular flexibility index (Phi) is 4.48. The predicted molar refractivity (Wildman–Crippen MR) is 69.6 cm³/mol. The number of nitrogens with two attached hydrogens (primary N) is 1. The molecule has 0 saturated carbocycles. The maximum atomic E-state index is 11.6. The second-order valence-corrected chi connectivity index (χ2v) is 5.45. The molecule has 96 valence electrons. The first-order chi connectivity index (χ1) is 7.47. The Bertz CT molecular complexity index is 391. The second kappa shape index (κ2) is 5.30. The van der Waals surface area contributed by atoms with Gasteiger partial charge in [-0.1, -0.05) is 11.3 Å².